The van der Waals surface area contributed by atoms with Gasteiger partial charge in [-0.05, 0) is 19.1 Å². The van der Waals surface area contributed by atoms with Gasteiger partial charge in [0, 0.05) is 11.3 Å². The third-order valence-electron chi connectivity index (χ3n) is 2.13. The molecule has 88 valence electrons. The van der Waals surface area contributed by atoms with Crippen molar-refractivity contribution in [3.63, 3.8) is 0 Å². The molecule has 0 radical (unpaired) electrons. The molecule has 0 saturated carbocycles. The molecule has 0 fully saturated rings. The zero-order valence-corrected chi connectivity index (χ0v) is 9.76. The maximum Gasteiger partial charge on any atom is 0.170 e. The van der Waals surface area contributed by atoms with E-state index in [2.05, 4.69) is 15.2 Å². The lowest BCUT2D eigenvalue weighted by molar-refractivity contribution is 0.318. The fraction of sp³-hybridized carbons (Fsp3) is 0.100. The second kappa shape index (κ2) is 4.42. The summed E-state index contributed by atoms with van der Waals surface area (Å²) in [5.41, 5.74) is 6.83. The van der Waals surface area contributed by atoms with Crippen LogP contribution in [0, 0.1) is 6.92 Å². The number of nitrogens with zero attached hydrogens (tertiary/aromatic N) is 4. The number of aromatic nitrogens is 3. The van der Waals surface area contributed by atoms with E-state index in [4.69, 9.17) is 22.5 Å². The van der Waals surface area contributed by atoms with E-state index in [1.807, 2.05) is 6.92 Å². The molecule has 2 aromatic rings. The first-order chi connectivity index (χ1) is 8.10. The smallest absolute Gasteiger partial charge is 0.170 e. The van der Waals surface area contributed by atoms with Gasteiger partial charge < -0.3 is 10.9 Å². The Morgan fingerprint density at radius 1 is 1.53 bits per heavy atom. The van der Waals surface area contributed by atoms with Crippen molar-refractivity contribution >= 4 is 17.4 Å². The summed E-state index contributed by atoms with van der Waals surface area (Å²) in [6.45, 7) is 1.81. The van der Waals surface area contributed by atoms with Gasteiger partial charge in [0.1, 0.15) is 0 Å². The van der Waals surface area contributed by atoms with Gasteiger partial charge in [-0.25, -0.2) is 9.67 Å². The molecule has 3 N–H and O–H groups in total. The van der Waals surface area contributed by atoms with Gasteiger partial charge >= 0.3 is 0 Å². The average Bonchev–Trinajstić information content (AvgIpc) is 2.74. The van der Waals surface area contributed by atoms with Crippen LogP contribution >= 0.6 is 11.6 Å². The van der Waals surface area contributed by atoms with Crippen LogP contribution in [-0.4, -0.2) is 25.8 Å². The Kier molecular flexibility index (Phi) is 2.97. The number of halogens is 1. The Bertz CT molecular complexity index is 578. The second-order valence-electron chi connectivity index (χ2n) is 3.44. The van der Waals surface area contributed by atoms with Crippen molar-refractivity contribution in [2.24, 2.45) is 10.9 Å². The highest BCUT2D eigenvalue weighted by atomic mass is 35.5. The van der Waals surface area contributed by atoms with Crippen LogP contribution in [0.25, 0.3) is 5.82 Å². The number of amidine groups is 1. The molecule has 0 saturated heterocycles. The van der Waals surface area contributed by atoms with Crippen LogP contribution in [0.15, 0.2) is 29.7 Å². The number of hydrogen-bond donors (Lipinski definition) is 2. The van der Waals surface area contributed by atoms with Gasteiger partial charge in [0.25, 0.3) is 0 Å². The molecule has 0 aromatic carbocycles. The van der Waals surface area contributed by atoms with Crippen molar-refractivity contribution in [2.75, 3.05) is 0 Å². The Morgan fingerprint density at radius 2 is 2.29 bits per heavy atom. The van der Waals surface area contributed by atoms with Crippen molar-refractivity contribution in [1.82, 2.24) is 14.8 Å². The van der Waals surface area contributed by atoms with Crippen LogP contribution < -0.4 is 5.73 Å². The second-order valence-corrected chi connectivity index (χ2v) is 3.88. The Balaban J connectivity index is 2.52. The van der Waals surface area contributed by atoms with Crippen molar-refractivity contribution < 1.29 is 5.21 Å². The Labute approximate surface area is 102 Å². The molecule has 0 bridgehead atoms. The zero-order valence-electron chi connectivity index (χ0n) is 9.00. The van der Waals surface area contributed by atoms with Crippen LogP contribution in [0.2, 0.25) is 5.02 Å². The number of nitrogens with two attached hydrogens (primary N) is 1. The molecule has 0 aliphatic heterocycles. The van der Waals surface area contributed by atoms with Crippen LogP contribution in [0.3, 0.4) is 0 Å². The van der Waals surface area contributed by atoms with Gasteiger partial charge in [0.15, 0.2) is 11.7 Å². The lowest BCUT2D eigenvalue weighted by atomic mass is 10.2. The summed E-state index contributed by atoms with van der Waals surface area (Å²) >= 11 is 5.78. The topological polar surface area (TPSA) is 89.3 Å². The van der Waals surface area contributed by atoms with Gasteiger partial charge in [0.05, 0.1) is 17.4 Å². The van der Waals surface area contributed by atoms with Crippen molar-refractivity contribution in [2.45, 2.75) is 6.92 Å². The fourth-order valence-electron chi connectivity index (χ4n) is 1.40. The predicted molar refractivity (Wildman–Crippen MR) is 63.6 cm³/mol. The quantitative estimate of drug-likeness (QED) is 0.365. The highest BCUT2D eigenvalue weighted by molar-refractivity contribution is 6.30. The summed E-state index contributed by atoms with van der Waals surface area (Å²) < 4.78 is 1.52. The van der Waals surface area contributed by atoms with E-state index in [1.54, 1.807) is 18.3 Å². The Morgan fingerprint density at radius 3 is 2.88 bits per heavy atom. The van der Waals surface area contributed by atoms with Gasteiger partial charge in [-0.1, -0.05) is 16.8 Å². The van der Waals surface area contributed by atoms with Crippen molar-refractivity contribution in [3.05, 3.63) is 40.8 Å². The lowest BCUT2D eigenvalue weighted by Crippen LogP contribution is -2.14. The van der Waals surface area contributed by atoms with E-state index in [0.29, 0.717) is 16.4 Å². The molecular formula is C10H10ClN5O. The van der Waals surface area contributed by atoms with Crippen LogP contribution in [0.5, 0.6) is 0 Å². The SMILES string of the molecule is Cc1cc(/C(N)=N/O)cc(-n2cc(Cl)cn2)n1. The summed E-state index contributed by atoms with van der Waals surface area (Å²) in [5, 5.41) is 16.1. The molecule has 2 heterocycles. The number of rotatable bonds is 2. The third kappa shape index (κ3) is 2.36. The van der Waals surface area contributed by atoms with Crippen LogP contribution in [0.1, 0.15) is 11.3 Å². The van der Waals surface area contributed by atoms with Gasteiger partial charge in [-0.3, -0.25) is 0 Å². The molecule has 2 aromatic heterocycles. The summed E-state index contributed by atoms with van der Waals surface area (Å²) in [6.07, 6.45) is 3.13. The number of hydrogen-bond acceptors (Lipinski definition) is 4. The van der Waals surface area contributed by atoms with E-state index >= 15 is 0 Å². The first-order valence-corrected chi connectivity index (χ1v) is 5.15. The van der Waals surface area contributed by atoms with Gasteiger partial charge in [0.2, 0.25) is 0 Å². The van der Waals surface area contributed by atoms with E-state index < -0.39 is 0 Å². The molecule has 0 unspecified atom stereocenters. The van der Waals surface area contributed by atoms with Gasteiger partial charge in [-0.2, -0.15) is 5.10 Å². The molecular weight excluding hydrogens is 242 g/mol. The zero-order chi connectivity index (χ0) is 12.4. The number of pyridine rings is 1. The molecule has 7 heteroatoms. The van der Waals surface area contributed by atoms with E-state index in [1.165, 1.54) is 10.9 Å². The molecule has 6 nitrogen and oxygen atoms in total. The van der Waals surface area contributed by atoms with E-state index in [0.717, 1.165) is 5.69 Å². The third-order valence-corrected chi connectivity index (χ3v) is 2.32. The monoisotopic (exact) mass is 251 g/mol. The minimum Gasteiger partial charge on any atom is -0.409 e. The fourth-order valence-corrected chi connectivity index (χ4v) is 1.54. The lowest BCUT2D eigenvalue weighted by Gasteiger charge is -2.05. The molecule has 17 heavy (non-hydrogen) atoms. The van der Waals surface area contributed by atoms with E-state index in [-0.39, 0.29) is 5.84 Å². The summed E-state index contributed by atoms with van der Waals surface area (Å²) in [6, 6.07) is 3.37. The van der Waals surface area contributed by atoms with Crippen LogP contribution in [-0.2, 0) is 0 Å². The minimum atomic E-state index is 0.0232. The number of aryl methyl sites for hydroxylation is 1. The summed E-state index contributed by atoms with van der Waals surface area (Å²) in [7, 11) is 0. The first-order valence-electron chi connectivity index (χ1n) is 4.77. The largest absolute Gasteiger partial charge is 0.409 e. The molecule has 2 rings (SSSR count). The summed E-state index contributed by atoms with van der Waals surface area (Å²) in [4.78, 5) is 4.28. The molecule has 0 amide bonds. The van der Waals surface area contributed by atoms with Crippen molar-refractivity contribution in [1.29, 1.82) is 0 Å². The van der Waals surface area contributed by atoms with E-state index in [9.17, 15) is 0 Å². The minimum absolute atomic E-state index is 0.0232. The highest BCUT2D eigenvalue weighted by Gasteiger charge is 2.06. The molecule has 0 aliphatic carbocycles. The maximum atomic E-state index is 8.64. The standard InChI is InChI=1S/C10H10ClN5O/c1-6-2-7(10(12)15-17)3-9(14-6)16-5-8(11)4-13-16/h2-5,17H,1H3,(H2,12,15). The number of oxime groups is 1. The predicted octanol–water partition coefficient (Wildman–Crippen LogP) is 1.32. The van der Waals surface area contributed by atoms with Crippen molar-refractivity contribution in [3.8, 4) is 5.82 Å². The summed E-state index contributed by atoms with van der Waals surface area (Å²) in [5.74, 6) is 0.577. The Hall–Kier alpha value is -2.08. The van der Waals surface area contributed by atoms with Gasteiger partial charge in [-0.15, -0.1) is 0 Å². The maximum absolute atomic E-state index is 8.64. The molecule has 0 aliphatic rings. The first kappa shape index (κ1) is 11.4. The average molecular weight is 252 g/mol. The molecule has 0 spiro atoms. The normalized spacial score (nSPS) is 11.8. The van der Waals surface area contributed by atoms with Crippen LogP contribution in [0.4, 0.5) is 0 Å². The highest BCUT2D eigenvalue weighted by Crippen LogP contribution is 2.12. The molecule has 0 atom stereocenters.